The number of ether oxygens (including phenoxy) is 2. The molecule has 0 unspecified atom stereocenters. The minimum atomic E-state index is 0.246. The number of rotatable bonds is 4. The lowest BCUT2D eigenvalue weighted by Gasteiger charge is -2.23. The number of hydrogen-bond donors (Lipinski definition) is 0. The normalized spacial score (nSPS) is 27.3. The fraction of sp³-hybridized carbons (Fsp3) is 0.556. The van der Waals surface area contributed by atoms with Crippen molar-refractivity contribution in [3.8, 4) is 5.75 Å². The Balaban J connectivity index is 1.66. The third kappa shape index (κ3) is 3.74. The maximum absolute atomic E-state index is 12.0. The van der Waals surface area contributed by atoms with Crippen LogP contribution in [-0.4, -0.2) is 37.9 Å². The lowest BCUT2D eigenvalue weighted by Crippen LogP contribution is -2.23. The summed E-state index contributed by atoms with van der Waals surface area (Å²) in [5.74, 6) is 1.38. The molecule has 3 rings (SSSR count). The van der Waals surface area contributed by atoms with Gasteiger partial charge in [0, 0.05) is 25.2 Å². The van der Waals surface area contributed by atoms with Gasteiger partial charge in [-0.2, -0.15) is 0 Å². The maximum Gasteiger partial charge on any atom is 0.139 e. The number of carbonyl (C=O) groups excluding carboxylic acids is 1. The number of nitrogens with zero attached hydrogens (tertiary/aromatic N) is 1. The number of carbonyl (C=O) groups is 1. The summed E-state index contributed by atoms with van der Waals surface area (Å²) in [5.41, 5.74) is 2.23. The van der Waals surface area contributed by atoms with Gasteiger partial charge in [0.1, 0.15) is 11.5 Å². The molecule has 4 nitrogen and oxygen atoms in total. The Bertz CT molecular complexity index is 544. The molecule has 1 aliphatic heterocycles. The minimum absolute atomic E-state index is 0.246. The van der Waals surface area contributed by atoms with Gasteiger partial charge in [0.2, 0.25) is 0 Å². The topological polar surface area (TPSA) is 47.9 Å². The van der Waals surface area contributed by atoms with E-state index in [1.54, 1.807) is 7.11 Å². The first kappa shape index (κ1) is 15.2. The smallest absolute Gasteiger partial charge is 0.139 e. The van der Waals surface area contributed by atoms with Gasteiger partial charge in [0.25, 0.3) is 0 Å². The zero-order chi connectivity index (χ0) is 15.4. The first-order valence-corrected chi connectivity index (χ1v) is 8.04. The van der Waals surface area contributed by atoms with E-state index >= 15 is 0 Å². The number of Topliss-reactive ketones (excluding diaryl/α,β-unsaturated/α-hetero) is 1. The highest BCUT2D eigenvalue weighted by Gasteiger charge is 2.25. The van der Waals surface area contributed by atoms with Gasteiger partial charge < -0.3 is 9.47 Å². The molecule has 4 heteroatoms. The van der Waals surface area contributed by atoms with Crippen LogP contribution >= 0.6 is 0 Å². The van der Waals surface area contributed by atoms with Crippen LogP contribution in [0.15, 0.2) is 29.3 Å². The van der Waals surface area contributed by atoms with Crippen LogP contribution < -0.4 is 4.74 Å². The average Bonchev–Trinajstić information content (AvgIpc) is 3.06. The number of methoxy groups -OCH3 is 1. The van der Waals surface area contributed by atoms with Crippen LogP contribution in [0.5, 0.6) is 5.75 Å². The van der Waals surface area contributed by atoms with E-state index in [1.807, 2.05) is 12.1 Å². The molecule has 0 radical (unpaired) electrons. The van der Waals surface area contributed by atoms with Crippen molar-refractivity contribution in [1.82, 2.24) is 0 Å². The SMILES string of the molecule is COc1ccc([C@@H]2CC(=O)CC(=NC[C@H]3CCCO3)C2)cc1. The van der Waals surface area contributed by atoms with Crippen molar-refractivity contribution in [2.75, 3.05) is 20.3 Å². The molecule has 0 N–H and O–H groups in total. The largest absolute Gasteiger partial charge is 0.497 e. The highest BCUT2D eigenvalue weighted by Crippen LogP contribution is 2.31. The molecule has 2 aliphatic rings. The second-order valence-electron chi connectivity index (χ2n) is 6.14. The first-order valence-electron chi connectivity index (χ1n) is 8.04. The molecule has 1 aromatic rings. The summed E-state index contributed by atoms with van der Waals surface area (Å²) in [4.78, 5) is 16.7. The van der Waals surface area contributed by atoms with Crippen LogP contribution in [0.25, 0.3) is 0 Å². The molecule has 22 heavy (non-hydrogen) atoms. The predicted molar refractivity (Wildman–Crippen MR) is 85.9 cm³/mol. The van der Waals surface area contributed by atoms with Gasteiger partial charge in [-0.1, -0.05) is 12.1 Å². The summed E-state index contributed by atoms with van der Waals surface area (Å²) < 4.78 is 10.8. The monoisotopic (exact) mass is 301 g/mol. The summed E-state index contributed by atoms with van der Waals surface area (Å²) in [7, 11) is 1.66. The zero-order valence-electron chi connectivity index (χ0n) is 13.1. The summed E-state index contributed by atoms with van der Waals surface area (Å²) in [6, 6.07) is 8.02. The van der Waals surface area contributed by atoms with E-state index in [0.717, 1.165) is 37.3 Å². The molecule has 1 saturated heterocycles. The Morgan fingerprint density at radius 3 is 2.77 bits per heavy atom. The van der Waals surface area contributed by atoms with Gasteiger partial charge in [-0.05, 0) is 42.9 Å². The molecule has 0 amide bonds. The van der Waals surface area contributed by atoms with E-state index in [1.165, 1.54) is 5.56 Å². The highest BCUT2D eigenvalue weighted by molar-refractivity contribution is 6.05. The second kappa shape index (κ2) is 7.05. The third-order valence-electron chi connectivity index (χ3n) is 4.49. The first-order chi connectivity index (χ1) is 10.7. The molecule has 2 fully saturated rings. The standard InChI is InChI=1S/C18H23NO3/c1-21-17-6-4-13(5-7-17)14-9-15(11-16(20)10-14)19-12-18-3-2-8-22-18/h4-7,14,18H,2-3,8-12H2,1H3/t14-,18+/m0/s1. The lowest BCUT2D eigenvalue weighted by atomic mass is 9.82. The summed E-state index contributed by atoms with van der Waals surface area (Å²) in [6.45, 7) is 1.56. The lowest BCUT2D eigenvalue weighted by molar-refractivity contribution is -0.118. The molecule has 2 atom stereocenters. The molecule has 0 spiro atoms. The number of benzene rings is 1. The molecule has 1 aliphatic carbocycles. The van der Waals surface area contributed by atoms with E-state index in [-0.39, 0.29) is 17.8 Å². The molecular weight excluding hydrogens is 278 g/mol. The van der Waals surface area contributed by atoms with Gasteiger partial charge >= 0.3 is 0 Å². The number of hydrogen-bond acceptors (Lipinski definition) is 4. The van der Waals surface area contributed by atoms with Crippen LogP contribution in [0.1, 0.15) is 43.6 Å². The van der Waals surface area contributed by atoms with Gasteiger partial charge in [0.15, 0.2) is 0 Å². The van der Waals surface area contributed by atoms with E-state index in [2.05, 4.69) is 17.1 Å². The summed E-state index contributed by atoms with van der Waals surface area (Å²) in [6.07, 6.45) is 4.48. The summed E-state index contributed by atoms with van der Waals surface area (Å²) in [5, 5.41) is 0. The minimum Gasteiger partial charge on any atom is -0.497 e. The molecule has 0 bridgehead atoms. The van der Waals surface area contributed by atoms with E-state index < -0.39 is 0 Å². The van der Waals surface area contributed by atoms with E-state index in [4.69, 9.17) is 9.47 Å². The zero-order valence-corrected chi connectivity index (χ0v) is 13.1. The third-order valence-corrected chi connectivity index (χ3v) is 4.49. The van der Waals surface area contributed by atoms with Crippen molar-refractivity contribution in [3.05, 3.63) is 29.8 Å². The molecule has 1 saturated carbocycles. The van der Waals surface area contributed by atoms with Crippen molar-refractivity contribution in [3.63, 3.8) is 0 Å². The second-order valence-corrected chi connectivity index (χ2v) is 6.14. The summed E-state index contributed by atoms with van der Waals surface area (Å²) >= 11 is 0. The van der Waals surface area contributed by atoms with Crippen molar-refractivity contribution in [2.45, 2.75) is 44.1 Å². The van der Waals surface area contributed by atoms with Crippen molar-refractivity contribution in [2.24, 2.45) is 4.99 Å². The van der Waals surface area contributed by atoms with Crippen molar-refractivity contribution in [1.29, 1.82) is 0 Å². The van der Waals surface area contributed by atoms with Crippen LogP contribution in [-0.2, 0) is 9.53 Å². The quantitative estimate of drug-likeness (QED) is 0.858. The highest BCUT2D eigenvalue weighted by atomic mass is 16.5. The number of ketones is 1. The Kier molecular flexibility index (Phi) is 4.88. The van der Waals surface area contributed by atoms with Gasteiger partial charge in [0.05, 0.1) is 19.8 Å². The van der Waals surface area contributed by atoms with Gasteiger partial charge in [-0.25, -0.2) is 0 Å². The average molecular weight is 301 g/mol. The van der Waals surface area contributed by atoms with Crippen LogP contribution in [0.4, 0.5) is 0 Å². The fourth-order valence-electron chi connectivity index (χ4n) is 3.25. The van der Waals surface area contributed by atoms with Crippen LogP contribution in [0, 0.1) is 0 Å². The van der Waals surface area contributed by atoms with Crippen molar-refractivity contribution < 1.29 is 14.3 Å². The Labute approximate surface area is 131 Å². The van der Waals surface area contributed by atoms with Crippen LogP contribution in [0.2, 0.25) is 0 Å². The Morgan fingerprint density at radius 2 is 2.09 bits per heavy atom. The maximum atomic E-state index is 12.0. The number of aliphatic imine (C=N–C) groups is 1. The molecule has 1 aromatic carbocycles. The Hall–Kier alpha value is -1.68. The molecule has 118 valence electrons. The fourth-order valence-corrected chi connectivity index (χ4v) is 3.25. The van der Waals surface area contributed by atoms with E-state index in [9.17, 15) is 4.79 Å². The molecular formula is C18H23NO3. The molecule has 1 heterocycles. The van der Waals surface area contributed by atoms with Gasteiger partial charge in [-0.3, -0.25) is 9.79 Å². The predicted octanol–water partition coefficient (Wildman–Crippen LogP) is 3.15. The Morgan fingerprint density at radius 1 is 1.27 bits per heavy atom. The van der Waals surface area contributed by atoms with Crippen molar-refractivity contribution >= 4 is 11.5 Å². The van der Waals surface area contributed by atoms with Gasteiger partial charge in [-0.15, -0.1) is 0 Å². The van der Waals surface area contributed by atoms with Crippen LogP contribution in [0.3, 0.4) is 0 Å². The molecule has 0 aromatic heterocycles. The van der Waals surface area contributed by atoms with E-state index in [0.29, 0.717) is 19.4 Å².